The maximum atomic E-state index is 5.85. The van der Waals surface area contributed by atoms with Gasteiger partial charge in [0.05, 0.1) is 12.2 Å². The maximum absolute atomic E-state index is 5.85. The van der Waals surface area contributed by atoms with Crippen molar-refractivity contribution in [1.82, 2.24) is 25.3 Å². The molecule has 1 aromatic carbocycles. The summed E-state index contributed by atoms with van der Waals surface area (Å²) in [6.07, 6.45) is 1.05. The van der Waals surface area contributed by atoms with Crippen LogP contribution in [0.5, 0.6) is 5.75 Å². The summed E-state index contributed by atoms with van der Waals surface area (Å²) >= 11 is 0. The van der Waals surface area contributed by atoms with Gasteiger partial charge in [-0.15, -0.1) is 14.8 Å². The zero-order valence-electron chi connectivity index (χ0n) is 15.2. The van der Waals surface area contributed by atoms with Crippen LogP contribution in [-0.4, -0.2) is 38.4 Å². The van der Waals surface area contributed by atoms with E-state index in [9.17, 15) is 0 Å². The quantitative estimate of drug-likeness (QED) is 0.729. The van der Waals surface area contributed by atoms with Gasteiger partial charge >= 0.3 is 0 Å². The Hall–Kier alpha value is -2.70. The number of anilines is 2. The molecule has 0 spiro atoms. The molecular formula is C18H24N6O. The van der Waals surface area contributed by atoms with E-state index in [1.807, 2.05) is 26.0 Å². The lowest BCUT2D eigenvalue weighted by atomic mass is 10.0. The Labute approximate surface area is 147 Å². The fraction of sp³-hybridized carbons (Fsp3) is 0.444. The van der Waals surface area contributed by atoms with Crippen molar-refractivity contribution in [2.24, 2.45) is 5.92 Å². The third-order valence-corrected chi connectivity index (χ3v) is 3.86. The first kappa shape index (κ1) is 17.1. The number of nitrogens with zero attached hydrogens (tertiary/aromatic N) is 6. The van der Waals surface area contributed by atoms with Crippen LogP contribution in [0.25, 0.3) is 5.65 Å². The molecule has 2 aromatic heterocycles. The fourth-order valence-electron chi connectivity index (χ4n) is 2.88. The first-order valence-electron chi connectivity index (χ1n) is 8.79. The number of tetrazole rings is 1. The average Bonchev–Trinajstić information content (AvgIpc) is 3.10. The summed E-state index contributed by atoms with van der Waals surface area (Å²) in [5.41, 5.74) is 2.96. The normalized spacial score (nSPS) is 13.2. The molecule has 25 heavy (non-hydrogen) atoms. The number of hydrogen-bond donors (Lipinski definition) is 0. The van der Waals surface area contributed by atoms with Crippen LogP contribution in [-0.2, 0) is 6.42 Å². The first-order chi connectivity index (χ1) is 12.2. The predicted octanol–water partition coefficient (Wildman–Crippen LogP) is 3.27. The Morgan fingerprint density at radius 2 is 2.00 bits per heavy atom. The summed E-state index contributed by atoms with van der Waals surface area (Å²) in [4.78, 5) is 2.14. The van der Waals surface area contributed by atoms with E-state index in [1.54, 1.807) is 0 Å². The van der Waals surface area contributed by atoms with Gasteiger partial charge in [0, 0.05) is 0 Å². The van der Waals surface area contributed by atoms with Gasteiger partial charge in [0.2, 0.25) is 0 Å². The van der Waals surface area contributed by atoms with Crippen LogP contribution in [0.15, 0.2) is 30.3 Å². The molecule has 3 heterocycles. The third-order valence-electron chi connectivity index (χ3n) is 3.86. The summed E-state index contributed by atoms with van der Waals surface area (Å²) in [6.45, 7) is 9.82. The minimum atomic E-state index is 0.622. The Kier molecular flexibility index (Phi) is 5.11. The van der Waals surface area contributed by atoms with Crippen LogP contribution in [0.4, 0.5) is 11.5 Å². The number of rotatable bonds is 3. The van der Waals surface area contributed by atoms with Crippen LogP contribution >= 0.6 is 0 Å². The molecule has 132 valence electrons. The maximum Gasteiger partial charge on any atom is 0.200 e. The molecular weight excluding hydrogens is 316 g/mol. The highest BCUT2D eigenvalue weighted by Gasteiger charge is 2.21. The van der Waals surface area contributed by atoms with Crippen LogP contribution in [0.2, 0.25) is 0 Å². The SMILES string of the molecule is CC.CC(C)Cc1ccc2c(c1)OCCN2c1ccc2nnnn2n1. The fourth-order valence-corrected chi connectivity index (χ4v) is 2.88. The molecule has 0 aliphatic carbocycles. The Morgan fingerprint density at radius 3 is 2.80 bits per heavy atom. The van der Waals surface area contributed by atoms with E-state index in [1.165, 1.54) is 10.2 Å². The zero-order valence-corrected chi connectivity index (χ0v) is 15.2. The van der Waals surface area contributed by atoms with Gasteiger partial charge in [-0.2, -0.15) is 0 Å². The molecule has 0 N–H and O–H groups in total. The van der Waals surface area contributed by atoms with Gasteiger partial charge in [-0.05, 0) is 52.6 Å². The monoisotopic (exact) mass is 340 g/mol. The number of fused-ring (bicyclic) bond motifs is 2. The van der Waals surface area contributed by atoms with Crippen molar-refractivity contribution in [3.63, 3.8) is 0 Å². The molecule has 1 aliphatic rings. The van der Waals surface area contributed by atoms with Gasteiger partial charge in [0.25, 0.3) is 0 Å². The zero-order chi connectivity index (χ0) is 17.8. The third kappa shape index (κ3) is 3.55. The minimum Gasteiger partial charge on any atom is -0.490 e. The standard InChI is InChI=1S/C16H18N6O.C2H6/c1-11(2)9-12-3-4-13-14(10-12)23-8-7-21(13)16-6-5-15-17-19-20-22(15)18-16;1-2/h3-6,10-11H,7-9H2,1-2H3;1-2H3. The molecule has 0 unspecified atom stereocenters. The van der Waals surface area contributed by atoms with E-state index < -0.39 is 0 Å². The molecule has 0 atom stereocenters. The average molecular weight is 340 g/mol. The van der Waals surface area contributed by atoms with Crippen molar-refractivity contribution in [2.45, 2.75) is 34.1 Å². The minimum absolute atomic E-state index is 0.622. The smallest absolute Gasteiger partial charge is 0.200 e. The van der Waals surface area contributed by atoms with Crippen LogP contribution in [0.1, 0.15) is 33.3 Å². The molecule has 7 nitrogen and oxygen atoms in total. The summed E-state index contributed by atoms with van der Waals surface area (Å²) < 4.78 is 7.30. The van der Waals surface area contributed by atoms with Crippen molar-refractivity contribution >= 4 is 17.2 Å². The molecule has 0 saturated carbocycles. The van der Waals surface area contributed by atoms with E-state index >= 15 is 0 Å². The van der Waals surface area contributed by atoms with Crippen molar-refractivity contribution in [1.29, 1.82) is 0 Å². The molecule has 3 aromatic rings. The molecule has 1 aliphatic heterocycles. The lowest BCUT2D eigenvalue weighted by molar-refractivity contribution is 0.313. The van der Waals surface area contributed by atoms with Gasteiger partial charge < -0.3 is 9.64 Å². The van der Waals surface area contributed by atoms with E-state index in [4.69, 9.17) is 4.74 Å². The topological polar surface area (TPSA) is 68.4 Å². The summed E-state index contributed by atoms with van der Waals surface area (Å²) in [5.74, 6) is 2.34. The molecule has 0 radical (unpaired) electrons. The van der Waals surface area contributed by atoms with E-state index in [0.29, 0.717) is 18.2 Å². The summed E-state index contributed by atoms with van der Waals surface area (Å²) in [7, 11) is 0. The highest BCUT2D eigenvalue weighted by molar-refractivity contribution is 5.69. The second-order valence-electron chi connectivity index (χ2n) is 6.12. The van der Waals surface area contributed by atoms with Gasteiger partial charge in [-0.25, -0.2) is 0 Å². The van der Waals surface area contributed by atoms with Crippen molar-refractivity contribution in [2.75, 3.05) is 18.1 Å². The van der Waals surface area contributed by atoms with Crippen LogP contribution in [0.3, 0.4) is 0 Å². The summed E-state index contributed by atoms with van der Waals surface area (Å²) in [6, 6.07) is 10.2. The van der Waals surface area contributed by atoms with E-state index in [0.717, 1.165) is 30.2 Å². The number of benzene rings is 1. The highest BCUT2D eigenvalue weighted by atomic mass is 16.5. The lowest BCUT2D eigenvalue weighted by Gasteiger charge is -2.30. The van der Waals surface area contributed by atoms with Gasteiger partial charge in [0.1, 0.15) is 12.4 Å². The number of hydrogen-bond acceptors (Lipinski definition) is 6. The first-order valence-corrected chi connectivity index (χ1v) is 8.79. The Bertz CT molecular complexity index is 844. The molecule has 4 rings (SSSR count). The van der Waals surface area contributed by atoms with Crippen molar-refractivity contribution in [3.05, 3.63) is 35.9 Å². The molecule has 0 amide bonds. The molecule has 0 saturated heterocycles. The Balaban J connectivity index is 0.000000880. The Morgan fingerprint density at radius 1 is 1.16 bits per heavy atom. The highest BCUT2D eigenvalue weighted by Crippen LogP contribution is 2.36. The predicted molar refractivity (Wildman–Crippen MR) is 97.4 cm³/mol. The van der Waals surface area contributed by atoms with Crippen LogP contribution < -0.4 is 9.64 Å². The largest absolute Gasteiger partial charge is 0.490 e. The number of ether oxygens (including phenoxy) is 1. The number of aromatic nitrogens is 5. The molecule has 0 fully saturated rings. The van der Waals surface area contributed by atoms with Crippen molar-refractivity contribution in [3.8, 4) is 5.75 Å². The van der Waals surface area contributed by atoms with Gasteiger partial charge in [-0.1, -0.05) is 33.8 Å². The van der Waals surface area contributed by atoms with E-state index in [-0.39, 0.29) is 0 Å². The lowest BCUT2D eigenvalue weighted by Crippen LogP contribution is -2.29. The second-order valence-corrected chi connectivity index (χ2v) is 6.12. The van der Waals surface area contributed by atoms with Crippen LogP contribution in [0, 0.1) is 5.92 Å². The molecule has 7 heteroatoms. The van der Waals surface area contributed by atoms with Gasteiger partial charge in [0.15, 0.2) is 11.5 Å². The second kappa shape index (κ2) is 7.46. The van der Waals surface area contributed by atoms with E-state index in [2.05, 4.69) is 57.6 Å². The van der Waals surface area contributed by atoms with Gasteiger partial charge in [-0.3, -0.25) is 0 Å². The van der Waals surface area contributed by atoms with Crippen molar-refractivity contribution < 1.29 is 4.74 Å². The molecule has 0 bridgehead atoms. The summed E-state index contributed by atoms with van der Waals surface area (Å²) in [5, 5.41) is 15.9.